The number of nitriles is 1. The Morgan fingerprint density at radius 3 is 2.70 bits per heavy atom. The molecule has 0 heterocycles. The van der Waals surface area contributed by atoms with Gasteiger partial charge >= 0.3 is 0 Å². The Morgan fingerprint density at radius 2 is 2.20 bits per heavy atom. The van der Waals surface area contributed by atoms with Crippen molar-refractivity contribution < 1.29 is 0 Å². The van der Waals surface area contributed by atoms with Crippen LogP contribution in [0.1, 0.15) is 39.0 Å². The van der Waals surface area contributed by atoms with Crippen molar-refractivity contribution in [3.8, 4) is 6.07 Å². The van der Waals surface area contributed by atoms with E-state index in [0.717, 1.165) is 6.42 Å². The molecular weight excluding hydrogens is 190 g/mol. The zero-order valence-corrected chi connectivity index (χ0v) is 8.02. The zero-order chi connectivity index (χ0) is 7.82. The summed E-state index contributed by atoms with van der Waals surface area (Å²) >= 11 is 3.53. The number of unbranched alkanes of at least 4 members (excludes halogenated alkanes) is 1. The Hall–Kier alpha value is -0.0300. The second-order valence-corrected chi connectivity index (χ2v) is 3.73. The number of rotatable bonds is 5. The van der Waals surface area contributed by atoms with Crippen LogP contribution in [0.15, 0.2) is 0 Å². The molecule has 0 amide bonds. The molecule has 1 atom stereocenters. The van der Waals surface area contributed by atoms with E-state index in [1.807, 2.05) is 0 Å². The lowest BCUT2D eigenvalue weighted by Gasteiger charge is -2.04. The first-order valence-electron chi connectivity index (χ1n) is 3.82. The molecule has 1 nitrogen and oxygen atoms in total. The normalized spacial score (nSPS) is 12.5. The van der Waals surface area contributed by atoms with Gasteiger partial charge in [0.2, 0.25) is 0 Å². The van der Waals surface area contributed by atoms with Gasteiger partial charge in [-0.05, 0) is 12.8 Å². The minimum absolute atomic E-state index is 0.562. The largest absolute Gasteiger partial charge is 0.198 e. The van der Waals surface area contributed by atoms with Crippen molar-refractivity contribution in [2.45, 2.75) is 43.9 Å². The van der Waals surface area contributed by atoms with Gasteiger partial charge in [0.05, 0.1) is 6.07 Å². The Kier molecular flexibility index (Phi) is 7.06. The van der Waals surface area contributed by atoms with Crippen LogP contribution in [-0.2, 0) is 0 Å². The molecule has 0 aliphatic rings. The highest BCUT2D eigenvalue weighted by molar-refractivity contribution is 9.09. The fourth-order valence-corrected chi connectivity index (χ4v) is 1.34. The van der Waals surface area contributed by atoms with Crippen molar-refractivity contribution in [1.82, 2.24) is 0 Å². The third-order valence-corrected chi connectivity index (χ3v) is 2.36. The quantitative estimate of drug-likeness (QED) is 0.630. The molecule has 2 heteroatoms. The van der Waals surface area contributed by atoms with Gasteiger partial charge in [0.25, 0.3) is 0 Å². The summed E-state index contributed by atoms with van der Waals surface area (Å²) in [5.74, 6) is 0. The molecule has 0 rings (SSSR count). The zero-order valence-electron chi connectivity index (χ0n) is 6.44. The third kappa shape index (κ3) is 6.10. The highest BCUT2D eigenvalue weighted by atomic mass is 79.9. The molecule has 0 saturated heterocycles. The lowest BCUT2D eigenvalue weighted by Crippen LogP contribution is -1.95. The minimum atomic E-state index is 0.562. The predicted octanol–water partition coefficient (Wildman–Crippen LogP) is 3.24. The molecule has 0 bridgehead atoms. The van der Waals surface area contributed by atoms with E-state index in [1.165, 1.54) is 19.3 Å². The van der Waals surface area contributed by atoms with E-state index in [9.17, 15) is 0 Å². The topological polar surface area (TPSA) is 23.8 Å². The van der Waals surface area contributed by atoms with E-state index in [-0.39, 0.29) is 0 Å². The van der Waals surface area contributed by atoms with Gasteiger partial charge in [-0.1, -0.05) is 35.7 Å². The molecule has 58 valence electrons. The number of hydrogen-bond acceptors (Lipinski definition) is 1. The standard InChI is InChI=1S/C8H14BrN/c1-2-3-5-8(9)6-4-7-10/h8H,2-6H2,1H3. The molecule has 0 radical (unpaired) electrons. The van der Waals surface area contributed by atoms with Gasteiger partial charge in [0, 0.05) is 11.2 Å². The van der Waals surface area contributed by atoms with Crippen molar-refractivity contribution in [2.24, 2.45) is 0 Å². The van der Waals surface area contributed by atoms with Gasteiger partial charge in [-0.15, -0.1) is 0 Å². The summed E-state index contributed by atoms with van der Waals surface area (Å²) in [5.41, 5.74) is 0. The van der Waals surface area contributed by atoms with Crippen molar-refractivity contribution >= 4 is 15.9 Å². The summed E-state index contributed by atoms with van der Waals surface area (Å²) in [4.78, 5) is 0.562. The second-order valence-electron chi connectivity index (χ2n) is 2.44. The summed E-state index contributed by atoms with van der Waals surface area (Å²) in [5, 5.41) is 8.27. The van der Waals surface area contributed by atoms with Gasteiger partial charge in [-0.25, -0.2) is 0 Å². The Labute approximate surface area is 71.6 Å². The summed E-state index contributed by atoms with van der Waals surface area (Å²) in [6.45, 7) is 2.18. The summed E-state index contributed by atoms with van der Waals surface area (Å²) < 4.78 is 0. The van der Waals surface area contributed by atoms with Crippen molar-refractivity contribution in [3.05, 3.63) is 0 Å². The van der Waals surface area contributed by atoms with Crippen LogP contribution in [0, 0.1) is 11.3 Å². The molecular formula is C8H14BrN. The van der Waals surface area contributed by atoms with E-state index < -0.39 is 0 Å². The highest BCUT2D eigenvalue weighted by Gasteiger charge is 2.01. The Balaban J connectivity index is 3.10. The van der Waals surface area contributed by atoms with Crippen LogP contribution in [0.3, 0.4) is 0 Å². The molecule has 1 unspecified atom stereocenters. The fraction of sp³-hybridized carbons (Fsp3) is 0.875. The maximum Gasteiger partial charge on any atom is 0.0622 e. The molecule has 0 fully saturated rings. The van der Waals surface area contributed by atoms with Crippen molar-refractivity contribution in [2.75, 3.05) is 0 Å². The summed E-state index contributed by atoms with van der Waals surface area (Å²) in [6, 6.07) is 2.15. The minimum Gasteiger partial charge on any atom is -0.198 e. The molecule has 0 spiro atoms. The lowest BCUT2D eigenvalue weighted by molar-refractivity contribution is 0.662. The first-order valence-corrected chi connectivity index (χ1v) is 4.73. The first kappa shape index (κ1) is 9.97. The molecule has 0 aromatic heterocycles. The van der Waals surface area contributed by atoms with Crippen LogP contribution < -0.4 is 0 Å². The number of halogens is 1. The van der Waals surface area contributed by atoms with Gasteiger partial charge in [-0.3, -0.25) is 0 Å². The SMILES string of the molecule is CCCCC(Br)CCC#N. The Morgan fingerprint density at radius 1 is 1.50 bits per heavy atom. The molecule has 0 aliphatic heterocycles. The van der Waals surface area contributed by atoms with Crippen LogP contribution in [-0.4, -0.2) is 4.83 Å². The monoisotopic (exact) mass is 203 g/mol. The van der Waals surface area contributed by atoms with Gasteiger partial charge in [-0.2, -0.15) is 5.26 Å². The van der Waals surface area contributed by atoms with Gasteiger partial charge in [0.15, 0.2) is 0 Å². The molecule has 0 aliphatic carbocycles. The van der Waals surface area contributed by atoms with Crippen LogP contribution in [0.5, 0.6) is 0 Å². The molecule has 0 N–H and O–H groups in total. The maximum absolute atomic E-state index is 8.27. The third-order valence-electron chi connectivity index (χ3n) is 1.44. The van der Waals surface area contributed by atoms with E-state index in [1.54, 1.807) is 0 Å². The first-order chi connectivity index (χ1) is 4.81. The van der Waals surface area contributed by atoms with Crippen molar-refractivity contribution in [1.29, 1.82) is 5.26 Å². The van der Waals surface area contributed by atoms with E-state index in [2.05, 4.69) is 28.9 Å². The Bertz CT molecular complexity index is 106. The maximum atomic E-state index is 8.27. The lowest BCUT2D eigenvalue weighted by atomic mass is 10.1. The summed E-state index contributed by atoms with van der Waals surface area (Å²) in [6.07, 6.45) is 5.39. The van der Waals surface area contributed by atoms with Gasteiger partial charge in [0.1, 0.15) is 0 Å². The van der Waals surface area contributed by atoms with E-state index in [4.69, 9.17) is 5.26 Å². The summed E-state index contributed by atoms with van der Waals surface area (Å²) in [7, 11) is 0. The van der Waals surface area contributed by atoms with Crippen LogP contribution in [0.2, 0.25) is 0 Å². The van der Waals surface area contributed by atoms with Crippen LogP contribution >= 0.6 is 15.9 Å². The molecule has 10 heavy (non-hydrogen) atoms. The van der Waals surface area contributed by atoms with Crippen molar-refractivity contribution in [3.63, 3.8) is 0 Å². The molecule has 0 aromatic rings. The second kappa shape index (κ2) is 7.08. The van der Waals surface area contributed by atoms with Crippen LogP contribution in [0.25, 0.3) is 0 Å². The smallest absolute Gasteiger partial charge is 0.0622 e. The fourth-order valence-electron chi connectivity index (χ4n) is 0.791. The van der Waals surface area contributed by atoms with E-state index >= 15 is 0 Å². The van der Waals surface area contributed by atoms with Crippen LogP contribution in [0.4, 0.5) is 0 Å². The highest BCUT2D eigenvalue weighted by Crippen LogP contribution is 2.14. The van der Waals surface area contributed by atoms with E-state index in [0.29, 0.717) is 11.2 Å². The molecule has 0 saturated carbocycles. The van der Waals surface area contributed by atoms with Gasteiger partial charge < -0.3 is 0 Å². The number of nitrogens with zero attached hydrogens (tertiary/aromatic N) is 1. The molecule has 0 aromatic carbocycles. The predicted molar refractivity (Wildman–Crippen MR) is 47.1 cm³/mol. The number of alkyl halides is 1. The average Bonchev–Trinajstić information content (AvgIpc) is 1.97. The average molecular weight is 204 g/mol. The number of hydrogen-bond donors (Lipinski definition) is 0.